The number of imide groups is 2. The van der Waals surface area contributed by atoms with E-state index in [0.29, 0.717) is 21.4 Å². The zero-order valence-electron chi connectivity index (χ0n) is 16.1. The standard InChI is InChI=1S/C21H19IN2O5/c1-4-29-17-10-13(9-16(22)18(17)25)8-15-19(26)23-21(28)24(20(15)27)14-6-5-11(2)12(3)7-14/h5-10,25H,4H2,1-3H3,(H,23,26,28)/b15-8+. The number of phenolic OH excluding ortho intramolecular Hbond substituents is 1. The van der Waals surface area contributed by atoms with Crippen LogP contribution in [0.15, 0.2) is 35.9 Å². The van der Waals surface area contributed by atoms with Gasteiger partial charge in [0.2, 0.25) is 0 Å². The van der Waals surface area contributed by atoms with Crippen molar-refractivity contribution in [1.29, 1.82) is 0 Å². The predicted molar refractivity (Wildman–Crippen MR) is 117 cm³/mol. The Kier molecular flexibility index (Phi) is 5.92. The maximum atomic E-state index is 13.0. The van der Waals surface area contributed by atoms with E-state index < -0.39 is 17.8 Å². The first-order valence-corrected chi connectivity index (χ1v) is 9.94. The van der Waals surface area contributed by atoms with Gasteiger partial charge in [-0.15, -0.1) is 0 Å². The molecule has 29 heavy (non-hydrogen) atoms. The molecule has 0 spiro atoms. The molecule has 150 valence electrons. The number of ether oxygens (including phenoxy) is 1. The van der Waals surface area contributed by atoms with Gasteiger partial charge in [-0.05, 0) is 90.4 Å². The molecular weight excluding hydrogens is 487 g/mol. The first-order valence-electron chi connectivity index (χ1n) is 8.87. The van der Waals surface area contributed by atoms with Crippen LogP contribution in [0.4, 0.5) is 10.5 Å². The van der Waals surface area contributed by atoms with Crippen molar-refractivity contribution >= 4 is 52.2 Å². The van der Waals surface area contributed by atoms with Gasteiger partial charge in [0.25, 0.3) is 11.8 Å². The van der Waals surface area contributed by atoms with Crippen molar-refractivity contribution in [3.63, 3.8) is 0 Å². The largest absolute Gasteiger partial charge is 0.504 e. The Hall–Kier alpha value is -2.88. The van der Waals surface area contributed by atoms with Crippen molar-refractivity contribution in [2.75, 3.05) is 11.5 Å². The lowest BCUT2D eigenvalue weighted by molar-refractivity contribution is -0.122. The number of anilines is 1. The number of nitrogens with one attached hydrogen (secondary N) is 1. The number of urea groups is 1. The summed E-state index contributed by atoms with van der Waals surface area (Å²) in [4.78, 5) is 38.6. The third-order valence-electron chi connectivity index (χ3n) is 4.51. The highest BCUT2D eigenvalue weighted by molar-refractivity contribution is 14.1. The van der Waals surface area contributed by atoms with E-state index in [4.69, 9.17) is 4.74 Å². The highest BCUT2D eigenvalue weighted by Crippen LogP contribution is 2.34. The summed E-state index contributed by atoms with van der Waals surface area (Å²) in [7, 11) is 0. The Morgan fingerprint density at radius 3 is 2.52 bits per heavy atom. The van der Waals surface area contributed by atoms with Crippen LogP contribution in [0.1, 0.15) is 23.6 Å². The molecule has 0 aliphatic carbocycles. The van der Waals surface area contributed by atoms with Crippen LogP contribution >= 0.6 is 22.6 Å². The number of phenols is 1. The van der Waals surface area contributed by atoms with Crippen molar-refractivity contribution in [2.45, 2.75) is 20.8 Å². The number of nitrogens with zero attached hydrogens (tertiary/aromatic N) is 1. The van der Waals surface area contributed by atoms with E-state index in [0.717, 1.165) is 16.0 Å². The zero-order chi connectivity index (χ0) is 21.3. The lowest BCUT2D eigenvalue weighted by atomic mass is 10.0. The van der Waals surface area contributed by atoms with Crippen molar-refractivity contribution in [3.8, 4) is 11.5 Å². The first kappa shape index (κ1) is 20.8. The molecule has 0 atom stereocenters. The van der Waals surface area contributed by atoms with Gasteiger partial charge < -0.3 is 9.84 Å². The first-order chi connectivity index (χ1) is 13.7. The molecule has 1 fully saturated rings. The van der Waals surface area contributed by atoms with Crippen LogP contribution < -0.4 is 15.0 Å². The normalized spacial score (nSPS) is 15.7. The maximum Gasteiger partial charge on any atom is 0.335 e. The molecule has 8 heteroatoms. The van der Waals surface area contributed by atoms with Crippen LogP contribution in [0.5, 0.6) is 11.5 Å². The van der Waals surface area contributed by atoms with E-state index in [-0.39, 0.29) is 17.1 Å². The number of rotatable bonds is 4. The summed E-state index contributed by atoms with van der Waals surface area (Å²) >= 11 is 1.93. The summed E-state index contributed by atoms with van der Waals surface area (Å²) < 4.78 is 5.90. The molecule has 0 radical (unpaired) electrons. The minimum atomic E-state index is -0.796. The van der Waals surface area contributed by atoms with Crippen molar-refractivity contribution in [1.82, 2.24) is 5.32 Å². The molecular formula is C21H19IN2O5. The van der Waals surface area contributed by atoms with Crippen LogP contribution in [0.3, 0.4) is 0 Å². The number of amides is 4. The van der Waals surface area contributed by atoms with E-state index >= 15 is 0 Å². The molecule has 1 aliphatic heterocycles. The molecule has 2 aromatic carbocycles. The number of aromatic hydroxyl groups is 1. The molecule has 4 amide bonds. The van der Waals surface area contributed by atoms with Gasteiger partial charge in [-0.1, -0.05) is 6.07 Å². The third-order valence-corrected chi connectivity index (χ3v) is 5.33. The fraction of sp³-hybridized carbons (Fsp3) is 0.190. The van der Waals surface area contributed by atoms with Crippen molar-refractivity contribution in [3.05, 3.63) is 56.2 Å². The molecule has 0 unspecified atom stereocenters. The van der Waals surface area contributed by atoms with E-state index in [1.54, 1.807) is 25.1 Å². The second kappa shape index (κ2) is 8.24. The fourth-order valence-corrected chi connectivity index (χ4v) is 3.49. The fourth-order valence-electron chi connectivity index (χ4n) is 2.87. The number of halogens is 1. The van der Waals surface area contributed by atoms with Gasteiger partial charge in [-0.25, -0.2) is 9.69 Å². The summed E-state index contributed by atoms with van der Waals surface area (Å²) in [5, 5.41) is 12.3. The maximum absolute atomic E-state index is 13.0. The second-order valence-electron chi connectivity index (χ2n) is 6.51. The lowest BCUT2D eigenvalue weighted by Crippen LogP contribution is -2.54. The summed E-state index contributed by atoms with van der Waals surface area (Å²) in [5.74, 6) is -1.26. The molecule has 1 aliphatic rings. The topological polar surface area (TPSA) is 95.9 Å². The van der Waals surface area contributed by atoms with E-state index in [2.05, 4.69) is 5.32 Å². The average Bonchev–Trinajstić information content (AvgIpc) is 2.65. The van der Waals surface area contributed by atoms with Crippen LogP contribution in [0.25, 0.3) is 6.08 Å². The Morgan fingerprint density at radius 2 is 1.86 bits per heavy atom. The highest BCUT2D eigenvalue weighted by Gasteiger charge is 2.37. The summed E-state index contributed by atoms with van der Waals surface area (Å²) in [6, 6.07) is 7.53. The molecule has 1 saturated heterocycles. The van der Waals surface area contributed by atoms with Gasteiger partial charge in [-0.3, -0.25) is 14.9 Å². The third kappa shape index (κ3) is 4.12. The van der Waals surface area contributed by atoms with Gasteiger partial charge >= 0.3 is 6.03 Å². The molecule has 2 aromatic rings. The predicted octanol–water partition coefficient (Wildman–Crippen LogP) is 3.68. The van der Waals surface area contributed by atoms with Gasteiger partial charge in [0.1, 0.15) is 5.57 Å². The Balaban J connectivity index is 2.05. The lowest BCUT2D eigenvalue weighted by Gasteiger charge is -2.27. The Bertz CT molecular complexity index is 1060. The van der Waals surface area contributed by atoms with Crippen LogP contribution in [-0.4, -0.2) is 29.6 Å². The van der Waals surface area contributed by atoms with E-state index in [9.17, 15) is 19.5 Å². The minimum Gasteiger partial charge on any atom is -0.504 e. The summed E-state index contributed by atoms with van der Waals surface area (Å²) in [5.41, 5.74) is 2.62. The van der Waals surface area contributed by atoms with Crippen LogP contribution in [0, 0.1) is 17.4 Å². The Morgan fingerprint density at radius 1 is 1.14 bits per heavy atom. The average molecular weight is 506 g/mol. The molecule has 2 N–H and O–H groups in total. The van der Waals surface area contributed by atoms with Crippen molar-refractivity contribution < 1.29 is 24.2 Å². The highest BCUT2D eigenvalue weighted by atomic mass is 127. The van der Waals surface area contributed by atoms with Crippen LogP contribution in [0.2, 0.25) is 0 Å². The summed E-state index contributed by atoms with van der Waals surface area (Å²) in [6.45, 7) is 5.93. The van der Waals surface area contributed by atoms with Gasteiger partial charge in [0.15, 0.2) is 11.5 Å². The number of benzene rings is 2. The monoisotopic (exact) mass is 506 g/mol. The number of hydrogen-bond donors (Lipinski definition) is 2. The van der Waals surface area contributed by atoms with Crippen LogP contribution in [-0.2, 0) is 9.59 Å². The summed E-state index contributed by atoms with van der Waals surface area (Å²) in [6.07, 6.45) is 1.38. The number of carbonyl (C=O) groups is 3. The smallest absolute Gasteiger partial charge is 0.335 e. The number of hydrogen-bond acceptors (Lipinski definition) is 5. The van der Waals surface area contributed by atoms with E-state index in [1.807, 2.05) is 42.5 Å². The van der Waals surface area contributed by atoms with Gasteiger partial charge in [0, 0.05) is 0 Å². The molecule has 0 saturated carbocycles. The molecule has 0 aromatic heterocycles. The number of aryl methyl sites for hydroxylation is 2. The minimum absolute atomic E-state index is 0.0130. The molecule has 0 bridgehead atoms. The van der Waals surface area contributed by atoms with Gasteiger partial charge in [0.05, 0.1) is 15.9 Å². The van der Waals surface area contributed by atoms with Gasteiger partial charge in [-0.2, -0.15) is 0 Å². The van der Waals surface area contributed by atoms with Crippen molar-refractivity contribution in [2.24, 2.45) is 0 Å². The Labute approximate surface area is 181 Å². The quantitative estimate of drug-likeness (QED) is 0.375. The number of barbiturate groups is 1. The molecule has 7 nitrogen and oxygen atoms in total. The zero-order valence-corrected chi connectivity index (χ0v) is 18.2. The SMILES string of the molecule is CCOc1cc(/C=C2\C(=O)NC(=O)N(c3ccc(C)c(C)c3)C2=O)cc(I)c1O. The second-order valence-corrected chi connectivity index (χ2v) is 7.67. The number of carbonyl (C=O) groups excluding carboxylic acids is 3. The molecule has 3 rings (SSSR count). The molecule has 1 heterocycles. The van der Waals surface area contributed by atoms with E-state index in [1.165, 1.54) is 12.1 Å².